The van der Waals surface area contributed by atoms with Gasteiger partial charge in [-0.05, 0) is 31.4 Å². The molecule has 19 heavy (non-hydrogen) atoms. The van der Waals surface area contributed by atoms with Crippen LogP contribution in [-0.4, -0.2) is 24.2 Å². The molecular formula is C13H17ClN2O3. The van der Waals surface area contributed by atoms with Crippen LogP contribution in [0.4, 0.5) is 5.69 Å². The van der Waals surface area contributed by atoms with E-state index in [1.165, 1.54) is 12.1 Å². The minimum atomic E-state index is -0.378. The standard InChI is InChI=1S/C13H17ClN2O3/c1-9(10-4-5-19-8-10)15-7-11-6-12(14)2-3-13(11)16(17)18/h2-3,6,9-10,15H,4-5,7-8H2,1H3. The molecule has 6 heteroatoms. The number of halogens is 1. The van der Waals surface area contributed by atoms with Crippen LogP contribution in [0.25, 0.3) is 0 Å². The number of nitro groups is 1. The van der Waals surface area contributed by atoms with Crippen LogP contribution in [0.5, 0.6) is 0 Å². The van der Waals surface area contributed by atoms with Crippen molar-refractivity contribution in [2.75, 3.05) is 13.2 Å². The van der Waals surface area contributed by atoms with Crippen molar-refractivity contribution in [2.24, 2.45) is 5.92 Å². The minimum absolute atomic E-state index is 0.103. The van der Waals surface area contributed by atoms with Crippen molar-refractivity contribution < 1.29 is 9.66 Å². The predicted molar refractivity (Wildman–Crippen MR) is 73.3 cm³/mol. The zero-order valence-corrected chi connectivity index (χ0v) is 11.5. The number of rotatable bonds is 5. The summed E-state index contributed by atoms with van der Waals surface area (Å²) in [5.74, 6) is 0.471. The summed E-state index contributed by atoms with van der Waals surface area (Å²) in [6.45, 7) is 4.07. The van der Waals surface area contributed by atoms with Gasteiger partial charge in [0.15, 0.2) is 0 Å². The Morgan fingerprint density at radius 3 is 3.05 bits per heavy atom. The van der Waals surface area contributed by atoms with E-state index in [1.54, 1.807) is 6.07 Å². The average Bonchev–Trinajstić information content (AvgIpc) is 2.89. The lowest BCUT2D eigenvalue weighted by Gasteiger charge is -2.19. The summed E-state index contributed by atoms with van der Waals surface area (Å²) < 4.78 is 5.34. The molecule has 0 bridgehead atoms. The molecule has 104 valence electrons. The molecule has 0 amide bonds. The Morgan fingerprint density at radius 2 is 2.42 bits per heavy atom. The molecule has 1 heterocycles. The van der Waals surface area contributed by atoms with E-state index in [2.05, 4.69) is 12.2 Å². The summed E-state index contributed by atoms with van der Waals surface area (Å²) in [7, 11) is 0. The van der Waals surface area contributed by atoms with E-state index >= 15 is 0 Å². The van der Waals surface area contributed by atoms with Gasteiger partial charge >= 0.3 is 0 Å². The largest absolute Gasteiger partial charge is 0.381 e. The second-order valence-corrected chi connectivity index (χ2v) is 5.26. The lowest BCUT2D eigenvalue weighted by molar-refractivity contribution is -0.385. The summed E-state index contributed by atoms with van der Waals surface area (Å²) in [4.78, 5) is 10.6. The molecule has 1 aliphatic rings. The van der Waals surface area contributed by atoms with Gasteiger partial charge in [-0.25, -0.2) is 0 Å². The lowest BCUT2D eigenvalue weighted by atomic mass is 10.0. The van der Waals surface area contributed by atoms with Crippen LogP contribution in [0.15, 0.2) is 18.2 Å². The SMILES string of the molecule is CC(NCc1cc(Cl)ccc1[N+](=O)[O-])C1CCOC1. The maximum atomic E-state index is 10.9. The van der Waals surface area contributed by atoms with E-state index in [-0.39, 0.29) is 16.7 Å². The second kappa shape index (κ2) is 6.32. The van der Waals surface area contributed by atoms with Crippen LogP contribution in [0.3, 0.4) is 0 Å². The summed E-state index contributed by atoms with van der Waals surface area (Å²) in [6, 6.07) is 4.89. The molecule has 0 saturated carbocycles. The first-order valence-corrected chi connectivity index (χ1v) is 6.69. The van der Waals surface area contributed by atoms with Gasteiger partial charge in [0.2, 0.25) is 0 Å². The van der Waals surface area contributed by atoms with Gasteiger partial charge in [0.05, 0.1) is 11.5 Å². The summed E-state index contributed by atoms with van der Waals surface area (Å²) in [6.07, 6.45) is 1.03. The smallest absolute Gasteiger partial charge is 0.273 e. The number of ether oxygens (including phenoxy) is 1. The summed E-state index contributed by atoms with van der Waals surface area (Å²) in [5, 5.41) is 14.8. The zero-order valence-electron chi connectivity index (χ0n) is 10.8. The van der Waals surface area contributed by atoms with Crippen LogP contribution in [-0.2, 0) is 11.3 Å². The molecule has 0 spiro atoms. The van der Waals surface area contributed by atoms with Crippen LogP contribution in [0.2, 0.25) is 5.02 Å². The highest BCUT2D eigenvalue weighted by Crippen LogP contribution is 2.23. The minimum Gasteiger partial charge on any atom is -0.381 e. The third kappa shape index (κ3) is 3.65. The highest BCUT2D eigenvalue weighted by Gasteiger charge is 2.22. The van der Waals surface area contributed by atoms with Crippen LogP contribution >= 0.6 is 11.6 Å². The van der Waals surface area contributed by atoms with Gasteiger partial charge in [0.25, 0.3) is 5.69 Å². The number of hydrogen-bond donors (Lipinski definition) is 1. The first-order valence-electron chi connectivity index (χ1n) is 6.32. The Balaban J connectivity index is 2.01. The fourth-order valence-electron chi connectivity index (χ4n) is 2.26. The zero-order chi connectivity index (χ0) is 13.8. The predicted octanol–water partition coefficient (Wildman–Crippen LogP) is 2.76. The number of hydrogen-bond acceptors (Lipinski definition) is 4. The van der Waals surface area contributed by atoms with Crippen LogP contribution in [0.1, 0.15) is 18.9 Å². The van der Waals surface area contributed by atoms with Crippen molar-refractivity contribution in [3.8, 4) is 0 Å². The van der Waals surface area contributed by atoms with Gasteiger partial charge in [-0.1, -0.05) is 11.6 Å². The molecule has 2 unspecified atom stereocenters. The van der Waals surface area contributed by atoms with Crippen molar-refractivity contribution in [2.45, 2.75) is 25.9 Å². The highest BCUT2D eigenvalue weighted by atomic mass is 35.5. The van der Waals surface area contributed by atoms with Gasteiger partial charge in [-0.2, -0.15) is 0 Å². The van der Waals surface area contributed by atoms with Gasteiger partial charge in [0.1, 0.15) is 0 Å². The molecule has 5 nitrogen and oxygen atoms in total. The fourth-order valence-corrected chi connectivity index (χ4v) is 2.45. The number of nitro benzene ring substituents is 1. The molecule has 1 aliphatic heterocycles. The fraction of sp³-hybridized carbons (Fsp3) is 0.538. The summed E-state index contributed by atoms with van der Waals surface area (Å²) >= 11 is 5.89. The van der Waals surface area contributed by atoms with Crippen LogP contribution in [0, 0.1) is 16.0 Å². The molecule has 0 radical (unpaired) electrons. The molecule has 1 aromatic rings. The lowest BCUT2D eigenvalue weighted by Crippen LogP contribution is -2.33. The molecule has 2 rings (SSSR count). The molecule has 1 aromatic carbocycles. The quantitative estimate of drug-likeness (QED) is 0.667. The Kier molecular flexibility index (Phi) is 4.74. The highest BCUT2D eigenvalue weighted by molar-refractivity contribution is 6.30. The number of nitrogens with one attached hydrogen (secondary N) is 1. The molecule has 0 aromatic heterocycles. The number of benzene rings is 1. The molecular weight excluding hydrogens is 268 g/mol. The van der Waals surface area contributed by atoms with Crippen molar-refractivity contribution >= 4 is 17.3 Å². The Hall–Kier alpha value is -1.17. The maximum Gasteiger partial charge on any atom is 0.273 e. The first kappa shape index (κ1) is 14.2. The molecule has 1 N–H and O–H groups in total. The Bertz CT molecular complexity index is 461. The monoisotopic (exact) mass is 284 g/mol. The molecule has 1 fully saturated rings. The third-order valence-electron chi connectivity index (χ3n) is 3.52. The topological polar surface area (TPSA) is 64.4 Å². The van der Waals surface area contributed by atoms with Crippen molar-refractivity contribution in [1.29, 1.82) is 0 Å². The second-order valence-electron chi connectivity index (χ2n) is 4.82. The first-order chi connectivity index (χ1) is 9.08. The van der Waals surface area contributed by atoms with Gasteiger partial charge in [-0.3, -0.25) is 10.1 Å². The molecule has 0 aliphatic carbocycles. The van der Waals surface area contributed by atoms with E-state index in [0.717, 1.165) is 19.6 Å². The summed E-state index contributed by atoms with van der Waals surface area (Å²) in [5.41, 5.74) is 0.718. The number of nitrogens with zero attached hydrogens (tertiary/aromatic N) is 1. The Morgan fingerprint density at radius 1 is 1.63 bits per heavy atom. The van der Waals surface area contributed by atoms with E-state index in [1.807, 2.05) is 0 Å². The maximum absolute atomic E-state index is 10.9. The van der Waals surface area contributed by atoms with E-state index in [4.69, 9.17) is 16.3 Å². The van der Waals surface area contributed by atoms with E-state index in [9.17, 15) is 10.1 Å². The van der Waals surface area contributed by atoms with Crippen molar-refractivity contribution in [3.05, 3.63) is 38.9 Å². The van der Waals surface area contributed by atoms with Gasteiger partial charge in [0, 0.05) is 35.8 Å². The Labute approximate surface area is 117 Å². The van der Waals surface area contributed by atoms with E-state index < -0.39 is 0 Å². The van der Waals surface area contributed by atoms with Crippen LogP contribution < -0.4 is 5.32 Å². The average molecular weight is 285 g/mol. The van der Waals surface area contributed by atoms with Gasteiger partial charge in [-0.15, -0.1) is 0 Å². The third-order valence-corrected chi connectivity index (χ3v) is 3.76. The van der Waals surface area contributed by atoms with E-state index in [0.29, 0.717) is 23.0 Å². The van der Waals surface area contributed by atoms with Gasteiger partial charge < -0.3 is 10.1 Å². The van der Waals surface area contributed by atoms with Crippen molar-refractivity contribution in [1.82, 2.24) is 5.32 Å². The van der Waals surface area contributed by atoms with Crippen molar-refractivity contribution in [3.63, 3.8) is 0 Å². The normalized spacial score (nSPS) is 20.4. The molecule has 2 atom stereocenters. The molecule has 1 saturated heterocycles.